The van der Waals surface area contributed by atoms with Crippen LogP contribution in [0.5, 0.6) is 11.5 Å². The maximum Gasteiger partial charge on any atom is 0.161 e. The van der Waals surface area contributed by atoms with Crippen LogP contribution in [0.4, 0.5) is 5.69 Å². The van der Waals surface area contributed by atoms with Gasteiger partial charge in [0.05, 0.1) is 7.11 Å². The number of para-hydroxylation sites is 2. The molecule has 112 valence electrons. The molecule has 0 aliphatic heterocycles. The summed E-state index contributed by atoms with van der Waals surface area (Å²) in [6, 6.07) is 11.9. The minimum atomic E-state index is 0.578. The molecule has 21 heavy (non-hydrogen) atoms. The Kier molecular flexibility index (Phi) is 5.51. The molecule has 0 aromatic heterocycles. The lowest BCUT2D eigenvalue weighted by molar-refractivity contribution is 0.306. The molecule has 0 radical (unpaired) electrons. The smallest absolute Gasteiger partial charge is 0.161 e. The predicted molar refractivity (Wildman–Crippen MR) is 90.6 cm³/mol. The maximum absolute atomic E-state index is 5.74. The van der Waals surface area contributed by atoms with E-state index in [1.807, 2.05) is 24.3 Å². The molecular weight excluding hydrogens is 330 g/mol. The number of aryl methyl sites for hydroxylation is 2. The van der Waals surface area contributed by atoms with Crippen LogP contribution in [0.25, 0.3) is 0 Å². The summed E-state index contributed by atoms with van der Waals surface area (Å²) in [6.45, 7) is 5.49. The third kappa shape index (κ3) is 4.14. The van der Waals surface area contributed by atoms with Crippen LogP contribution in [0.1, 0.15) is 11.1 Å². The molecular formula is C17H20BrNO2. The van der Waals surface area contributed by atoms with E-state index in [0.717, 1.165) is 23.7 Å². The number of anilines is 1. The van der Waals surface area contributed by atoms with Gasteiger partial charge in [-0.1, -0.05) is 28.1 Å². The first-order valence-corrected chi connectivity index (χ1v) is 7.67. The van der Waals surface area contributed by atoms with Crippen molar-refractivity contribution in [3.8, 4) is 11.5 Å². The predicted octanol–water partition coefficient (Wildman–Crippen LogP) is 4.57. The first-order chi connectivity index (χ1) is 10.1. The summed E-state index contributed by atoms with van der Waals surface area (Å²) in [6.07, 6.45) is 0. The van der Waals surface area contributed by atoms with Gasteiger partial charge in [-0.15, -0.1) is 0 Å². The first-order valence-electron chi connectivity index (χ1n) is 6.88. The first kappa shape index (κ1) is 15.7. The average Bonchev–Trinajstić information content (AvgIpc) is 2.49. The Bertz CT molecular complexity index is 590. The zero-order chi connectivity index (χ0) is 15.2. The maximum atomic E-state index is 5.74. The second kappa shape index (κ2) is 7.36. The molecule has 1 N–H and O–H groups in total. The Balaban J connectivity index is 1.88. The van der Waals surface area contributed by atoms with Gasteiger partial charge in [-0.3, -0.25) is 0 Å². The molecule has 2 aromatic rings. The number of halogens is 1. The Hall–Kier alpha value is -1.68. The SMILES string of the molecule is COc1ccccc1OCCNc1cc(C)c(Br)c(C)c1. The van der Waals surface area contributed by atoms with E-state index in [9.17, 15) is 0 Å². The zero-order valence-electron chi connectivity index (χ0n) is 12.6. The van der Waals surface area contributed by atoms with Crippen molar-refractivity contribution in [1.82, 2.24) is 0 Å². The monoisotopic (exact) mass is 349 g/mol. The van der Waals surface area contributed by atoms with E-state index < -0.39 is 0 Å². The highest BCUT2D eigenvalue weighted by Gasteiger charge is 2.03. The Labute approximate surface area is 134 Å². The molecule has 0 unspecified atom stereocenters. The van der Waals surface area contributed by atoms with E-state index in [0.29, 0.717) is 6.61 Å². The molecule has 3 nitrogen and oxygen atoms in total. The van der Waals surface area contributed by atoms with Gasteiger partial charge in [0.1, 0.15) is 6.61 Å². The molecule has 0 amide bonds. The largest absolute Gasteiger partial charge is 0.493 e. The van der Waals surface area contributed by atoms with Crippen LogP contribution >= 0.6 is 15.9 Å². The number of hydrogen-bond donors (Lipinski definition) is 1. The van der Waals surface area contributed by atoms with Gasteiger partial charge in [-0.2, -0.15) is 0 Å². The van der Waals surface area contributed by atoms with Gasteiger partial charge in [-0.05, 0) is 49.2 Å². The van der Waals surface area contributed by atoms with Crippen LogP contribution in [-0.4, -0.2) is 20.3 Å². The van der Waals surface area contributed by atoms with Crippen LogP contribution < -0.4 is 14.8 Å². The molecule has 2 rings (SSSR count). The normalized spacial score (nSPS) is 10.3. The van der Waals surface area contributed by atoms with E-state index >= 15 is 0 Å². The summed E-state index contributed by atoms with van der Waals surface area (Å²) in [4.78, 5) is 0. The van der Waals surface area contributed by atoms with Gasteiger partial charge in [0.25, 0.3) is 0 Å². The lowest BCUT2D eigenvalue weighted by atomic mass is 10.1. The van der Waals surface area contributed by atoms with Gasteiger partial charge < -0.3 is 14.8 Å². The van der Waals surface area contributed by atoms with Crippen molar-refractivity contribution in [2.45, 2.75) is 13.8 Å². The van der Waals surface area contributed by atoms with Gasteiger partial charge in [0.15, 0.2) is 11.5 Å². The summed E-state index contributed by atoms with van der Waals surface area (Å²) in [5.41, 5.74) is 3.56. The topological polar surface area (TPSA) is 30.5 Å². The molecule has 0 saturated heterocycles. The van der Waals surface area contributed by atoms with E-state index in [1.54, 1.807) is 7.11 Å². The summed E-state index contributed by atoms with van der Waals surface area (Å²) in [7, 11) is 1.65. The van der Waals surface area contributed by atoms with Crippen LogP contribution in [0.2, 0.25) is 0 Å². The zero-order valence-corrected chi connectivity index (χ0v) is 14.2. The Morgan fingerprint density at radius 1 is 1.05 bits per heavy atom. The van der Waals surface area contributed by atoms with Gasteiger partial charge in [0, 0.05) is 16.7 Å². The molecule has 0 atom stereocenters. The lowest BCUT2D eigenvalue weighted by Gasteiger charge is -2.13. The highest BCUT2D eigenvalue weighted by molar-refractivity contribution is 9.10. The van der Waals surface area contributed by atoms with E-state index in [2.05, 4.69) is 47.2 Å². The van der Waals surface area contributed by atoms with E-state index in [-0.39, 0.29) is 0 Å². The summed E-state index contributed by atoms with van der Waals surface area (Å²) >= 11 is 3.58. The number of benzene rings is 2. The van der Waals surface area contributed by atoms with Crippen LogP contribution in [0, 0.1) is 13.8 Å². The van der Waals surface area contributed by atoms with Crippen LogP contribution in [0.3, 0.4) is 0 Å². The standard InChI is InChI=1S/C17H20BrNO2/c1-12-10-14(11-13(2)17(12)18)19-8-9-21-16-7-5-4-6-15(16)20-3/h4-7,10-11,19H,8-9H2,1-3H3. The fourth-order valence-corrected chi connectivity index (χ4v) is 2.37. The van der Waals surface area contributed by atoms with Crippen molar-refractivity contribution in [2.75, 3.05) is 25.6 Å². The number of methoxy groups -OCH3 is 1. The van der Waals surface area contributed by atoms with Crippen LogP contribution in [-0.2, 0) is 0 Å². The molecule has 0 fully saturated rings. The quantitative estimate of drug-likeness (QED) is 0.775. The van der Waals surface area contributed by atoms with Gasteiger partial charge >= 0.3 is 0 Å². The third-order valence-electron chi connectivity index (χ3n) is 3.19. The van der Waals surface area contributed by atoms with Crippen molar-refractivity contribution in [3.63, 3.8) is 0 Å². The highest BCUT2D eigenvalue weighted by Crippen LogP contribution is 2.26. The molecule has 4 heteroatoms. The third-order valence-corrected chi connectivity index (χ3v) is 4.45. The van der Waals surface area contributed by atoms with Crippen molar-refractivity contribution in [1.29, 1.82) is 0 Å². The molecule has 0 aliphatic rings. The van der Waals surface area contributed by atoms with Crippen molar-refractivity contribution in [3.05, 3.63) is 52.0 Å². The molecule has 0 bridgehead atoms. The van der Waals surface area contributed by atoms with Crippen molar-refractivity contribution in [2.24, 2.45) is 0 Å². The van der Waals surface area contributed by atoms with E-state index in [4.69, 9.17) is 9.47 Å². The Morgan fingerprint density at radius 3 is 2.29 bits per heavy atom. The number of hydrogen-bond acceptors (Lipinski definition) is 3. The highest BCUT2D eigenvalue weighted by atomic mass is 79.9. The number of rotatable bonds is 6. The molecule has 0 spiro atoms. The Morgan fingerprint density at radius 2 is 1.67 bits per heavy atom. The summed E-state index contributed by atoms with van der Waals surface area (Å²) < 4.78 is 12.2. The minimum Gasteiger partial charge on any atom is -0.493 e. The number of ether oxygens (including phenoxy) is 2. The summed E-state index contributed by atoms with van der Waals surface area (Å²) in [5, 5.41) is 3.37. The second-order valence-electron chi connectivity index (χ2n) is 4.85. The molecule has 2 aromatic carbocycles. The minimum absolute atomic E-state index is 0.578. The van der Waals surface area contributed by atoms with Gasteiger partial charge in [0.2, 0.25) is 0 Å². The molecule has 0 aliphatic carbocycles. The average molecular weight is 350 g/mol. The van der Waals surface area contributed by atoms with Gasteiger partial charge in [-0.25, -0.2) is 0 Å². The molecule has 0 heterocycles. The van der Waals surface area contributed by atoms with Crippen LogP contribution in [0.15, 0.2) is 40.9 Å². The lowest BCUT2D eigenvalue weighted by Crippen LogP contribution is -2.12. The summed E-state index contributed by atoms with van der Waals surface area (Å²) in [5.74, 6) is 1.53. The molecule has 0 saturated carbocycles. The fourth-order valence-electron chi connectivity index (χ4n) is 2.14. The second-order valence-corrected chi connectivity index (χ2v) is 5.64. The number of nitrogens with one attached hydrogen (secondary N) is 1. The fraction of sp³-hybridized carbons (Fsp3) is 0.294. The van der Waals surface area contributed by atoms with Crippen molar-refractivity contribution >= 4 is 21.6 Å². The van der Waals surface area contributed by atoms with Crippen molar-refractivity contribution < 1.29 is 9.47 Å². The van der Waals surface area contributed by atoms with E-state index in [1.165, 1.54) is 15.6 Å².